The van der Waals surface area contributed by atoms with Crippen LogP contribution in [0, 0.1) is 22.7 Å². The Morgan fingerprint density at radius 2 is 2.10 bits per heavy atom. The Kier molecular flexibility index (Phi) is 4.38. The molecule has 7 heteroatoms. The Morgan fingerprint density at radius 1 is 1.50 bits per heavy atom. The van der Waals surface area contributed by atoms with Crippen molar-refractivity contribution in [3.8, 4) is 6.07 Å². The fourth-order valence-electron chi connectivity index (χ4n) is 2.70. The quantitative estimate of drug-likeness (QED) is 0.707. The largest absolute Gasteiger partial charge is 0.481 e. The van der Waals surface area contributed by atoms with Crippen LogP contribution in [-0.2, 0) is 19.1 Å². The van der Waals surface area contributed by atoms with Crippen LogP contribution in [0.2, 0.25) is 0 Å². The highest BCUT2D eigenvalue weighted by Crippen LogP contribution is 2.48. The van der Waals surface area contributed by atoms with Crippen molar-refractivity contribution in [3.63, 3.8) is 0 Å². The average Bonchev–Trinajstić information content (AvgIpc) is 2.54. The van der Waals surface area contributed by atoms with Crippen LogP contribution in [0.4, 0.5) is 0 Å². The van der Waals surface area contributed by atoms with E-state index in [1.165, 1.54) is 14.0 Å². The number of esters is 1. The van der Waals surface area contributed by atoms with Crippen molar-refractivity contribution in [2.75, 3.05) is 7.11 Å². The molecule has 1 heterocycles. The van der Waals surface area contributed by atoms with Gasteiger partial charge in [0.2, 0.25) is 5.91 Å². The molecule has 3 unspecified atom stereocenters. The van der Waals surface area contributed by atoms with Crippen LogP contribution in [0.25, 0.3) is 0 Å². The molecule has 0 aromatic heterocycles. The van der Waals surface area contributed by atoms with Gasteiger partial charge in [0.05, 0.1) is 19.6 Å². The number of nitriles is 1. The Labute approximate surface area is 116 Å². The summed E-state index contributed by atoms with van der Waals surface area (Å²) in [7, 11) is 1.24. The molecule has 0 radical (unpaired) electrons. The number of nitrogens with zero attached hydrogens (tertiary/aromatic N) is 1. The van der Waals surface area contributed by atoms with Crippen LogP contribution in [-0.4, -0.2) is 35.6 Å². The molecule has 3 atom stereocenters. The molecule has 1 amide bonds. The van der Waals surface area contributed by atoms with Gasteiger partial charge in [-0.25, -0.2) is 0 Å². The molecule has 1 fully saturated rings. The lowest BCUT2D eigenvalue weighted by atomic mass is 9.64. The van der Waals surface area contributed by atoms with Gasteiger partial charge in [0.15, 0.2) is 0 Å². The number of ether oxygens (including phenoxy) is 1. The van der Waals surface area contributed by atoms with E-state index >= 15 is 0 Å². The minimum absolute atomic E-state index is 0.00526. The van der Waals surface area contributed by atoms with Crippen molar-refractivity contribution in [1.82, 2.24) is 5.32 Å². The van der Waals surface area contributed by atoms with Gasteiger partial charge in [-0.2, -0.15) is 5.26 Å². The highest BCUT2D eigenvalue weighted by atomic mass is 16.5. The topological polar surface area (TPSA) is 116 Å². The van der Waals surface area contributed by atoms with Gasteiger partial charge in [0.25, 0.3) is 0 Å². The van der Waals surface area contributed by atoms with E-state index in [1.54, 1.807) is 6.92 Å². The maximum absolute atomic E-state index is 12.0. The molecule has 0 aliphatic carbocycles. The number of carbonyl (C=O) groups excluding carboxylic acids is 2. The van der Waals surface area contributed by atoms with Crippen LogP contribution < -0.4 is 5.32 Å². The van der Waals surface area contributed by atoms with E-state index in [0.717, 1.165) is 0 Å². The molecule has 1 aliphatic heterocycles. The van der Waals surface area contributed by atoms with Gasteiger partial charge in [0.1, 0.15) is 5.54 Å². The van der Waals surface area contributed by atoms with Crippen molar-refractivity contribution < 1.29 is 24.2 Å². The molecule has 0 spiro atoms. The second-order valence-corrected chi connectivity index (χ2v) is 5.38. The second-order valence-electron chi connectivity index (χ2n) is 5.38. The lowest BCUT2D eigenvalue weighted by molar-refractivity contribution is -0.141. The minimum Gasteiger partial charge on any atom is -0.481 e. The number of hydrogen-bond donors (Lipinski definition) is 2. The van der Waals surface area contributed by atoms with Crippen LogP contribution in [0.5, 0.6) is 0 Å². The van der Waals surface area contributed by atoms with Gasteiger partial charge >= 0.3 is 11.9 Å². The fourth-order valence-corrected chi connectivity index (χ4v) is 2.70. The number of aliphatic carboxylic acids is 1. The van der Waals surface area contributed by atoms with E-state index in [1.807, 2.05) is 6.07 Å². The number of carboxylic acids is 1. The van der Waals surface area contributed by atoms with Crippen LogP contribution in [0.3, 0.4) is 0 Å². The van der Waals surface area contributed by atoms with Gasteiger partial charge in [-0.15, -0.1) is 0 Å². The molecule has 1 saturated heterocycles. The first-order valence-electron chi connectivity index (χ1n) is 6.22. The first-order chi connectivity index (χ1) is 9.20. The van der Waals surface area contributed by atoms with Crippen molar-refractivity contribution in [3.05, 3.63) is 0 Å². The number of hydrogen-bond acceptors (Lipinski definition) is 5. The smallest absolute Gasteiger partial charge is 0.305 e. The zero-order valence-electron chi connectivity index (χ0n) is 11.7. The third kappa shape index (κ3) is 2.59. The lowest BCUT2D eigenvalue weighted by Gasteiger charge is -2.36. The van der Waals surface area contributed by atoms with E-state index in [0.29, 0.717) is 0 Å². The monoisotopic (exact) mass is 282 g/mol. The van der Waals surface area contributed by atoms with Crippen molar-refractivity contribution >= 4 is 17.8 Å². The summed E-state index contributed by atoms with van der Waals surface area (Å²) < 4.78 is 4.52. The highest BCUT2D eigenvalue weighted by molar-refractivity contribution is 5.86. The zero-order valence-corrected chi connectivity index (χ0v) is 11.7. The lowest BCUT2D eigenvalue weighted by Crippen LogP contribution is -2.49. The number of carbonyl (C=O) groups is 3. The average molecular weight is 282 g/mol. The fraction of sp³-hybridized carbons (Fsp3) is 0.692. The van der Waals surface area contributed by atoms with Crippen LogP contribution in [0.15, 0.2) is 0 Å². The molecule has 2 N–H and O–H groups in total. The summed E-state index contributed by atoms with van der Waals surface area (Å²) in [6.07, 6.45) is -0.174. The summed E-state index contributed by atoms with van der Waals surface area (Å²) in [4.78, 5) is 34.3. The number of nitrogens with one attached hydrogen (secondary N) is 1. The Balaban J connectivity index is 3.06. The van der Waals surface area contributed by atoms with Gasteiger partial charge in [-0.1, -0.05) is 6.92 Å². The molecule has 0 aromatic carbocycles. The van der Waals surface area contributed by atoms with Gasteiger partial charge in [0, 0.05) is 17.8 Å². The molecule has 0 saturated carbocycles. The summed E-state index contributed by atoms with van der Waals surface area (Å²) in [5.41, 5.74) is -2.36. The minimum atomic E-state index is -1.27. The first-order valence-corrected chi connectivity index (χ1v) is 6.22. The summed E-state index contributed by atoms with van der Waals surface area (Å²) in [6, 6.07) is 1.99. The predicted molar refractivity (Wildman–Crippen MR) is 67.3 cm³/mol. The number of amides is 1. The summed E-state index contributed by atoms with van der Waals surface area (Å²) in [5.74, 6) is -2.68. The molecule has 110 valence electrons. The second kappa shape index (κ2) is 5.49. The molecule has 1 rings (SSSR count). The molecule has 0 bridgehead atoms. The van der Waals surface area contributed by atoms with Gasteiger partial charge in [-0.05, 0) is 13.3 Å². The van der Waals surface area contributed by atoms with E-state index < -0.39 is 34.7 Å². The van der Waals surface area contributed by atoms with Crippen molar-refractivity contribution in [2.45, 2.75) is 38.6 Å². The van der Waals surface area contributed by atoms with Crippen LogP contribution in [0.1, 0.15) is 33.1 Å². The Morgan fingerprint density at radius 3 is 2.55 bits per heavy atom. The standard InChI is InChI=1S/C13H18N2O5/c1-12(6-9(16)17)8(4-5-10(18)20-3)11(19)15-13(12,2)7-14/h8H,4-6H2,1-3H3,(H,15,19)(H,16,17). The normalized spacial score (nSPS) is 32.3. The zero-order chi connectivity index (χ0) is 15.6. The first kappa shape index (κ1) is 16.0. The third-order valence-corrected chi connectivity index (χ3v) is 4.21. The molecular weight excluding hydrogens is 264 g/mol. The highest BCUT2D eigenvalue weighted by Gasteiger charge is 2.60. The van der Waals surface area contributed by atoms with E-state index in [9.17, 15) is 19.6 Å². The number of methoxy groups -OCH3 is 1. The van der Waals surface area contributed by atoms with E-state index in [2.05, 4.69) is 10.1 Å². The van der Waals surface area contributed by atoms with Crippen LogP contribution >= 0.6 is 0 Å². The molecule has 1 aliphatic rings. The molecule has 20 heavy (non-hydrogen) atoms. The van der Waals surface area contributed by atoms with E-state index in [-0.39, 0.29) is 19.3 Å². The number of carboxylic acid groups (broad SMARTS) is 1. The van der Waals surface area contributed by atoms with Gasteiger partial charge < -0.3 is 15.2 Å². The summed E-state index contributed by atoms with van der Waals surface area (Å²) >= 11 is 0. The van der Waals surface area contributed by atoms with Crippen molar-refractivity contribution in [1.29, 1.82) is 5.26 Å². The Bertz CT molecular complexity index is 484. The Hall–Kier alpha value is -2.10. The molecule has 7 nitrogen and oxygen atoms in total. The maximum Gasteiger partial charge on any atom is 0.305 e. The summed E-state index contributed by atoms with van der Waals surface area (Å²) in [6.45, 7) is 3.09. The van der Waals surface area contributed by atoms with E-state index in [4.69, 9.17) is 5.11 Å². The van der Waals surface area contributed by atoms with Crippen molar-refractivity contribution in [2.24, 2.45) is 11.3 Å². The van der Waals surface area contributed by atoms with Gasteiger partial charge in [-0.3, -0.25) is 14.4 Å². The summed E-state index contributed by atoms with van der Waals surface area (Å²) in [5, 5.41) is 20.9. The predicted octanol–water partition coefficient (Wildman–Crippen LogP) is 0.449. The molecular formula is C13H18N2O5. The SMILES string of the molecule is COC(=O)CCC1C(=O)NC(C)(C#N)C1(C)CC(=O)O. The number of rotatable bonds is 5. The maximum atomic E-state index is 12.0. The third-order valence-electron chi connectivity index (χ3n) is 4.21. The molecule has 0 aromatic rings.